The fraction of sp³-hybridized carbons (Fsp3) is 0.286. The van der Waals surface area contributed by atoms with E-state index in [4.69, 9.17) is 5.73 Å². The quantitative estimate of drug-likeness (QED) is 0.756. The zero-order valence-electron chi connectivity index (χ0n) is 7.89. The summed E-state index contributed by atoms with van der Waals surface area (Å²) in [6, 6.07) is 0. The minimum absolute atomic E-state index is 0.258. The van der Waals surface area contributed by atoms with Crippen molar-refractivity contribution < 1.29 is 22.0 Å². The monoisotopic (exact) mass is 253 g/mol. The van der Waals surface area contributed by atoms with Crippen molar-refractivity contribution in [3.63, 3.8) is 0 Å². The molecule has 0 aliphatic carbocycles. The Morgan fingerprint density at radius 1 is 1.12 bits per heavy atom. The predicted molar refractivity (Wildman–Crippen MR) is 46.0 cm³/mol. The summed E-state index contributed by atoms with van der Waals surface area (Å²) in [6.45, 7) is 0. The Balaban J connectivity index is 2.62. The maximum Gasteiger partial charge on any atom is 0.461 e. The lowest BCUT2D eigenvalue weighted by atomic mass is 10.3. The molecule has 2 aromatic heterocycles. The highest BCUT2D eigenvalue weighted by atomic mass is 19.4. The molecule has 17 heavy (non-hydrogen) atoms. The first-order valence-electron chi connectivity index (χ1n) is 4.14. The Kier molecular flexibility index (Phi) is 2.19. The topological polar surface area (TPSA) is 80.5 Å². The molecule has 0 saturated carbocycles. The van der Waals surface area contributed by atoms with E-state index in [1.54, 1.807) is 4.98 Å². The van der Waals surface area contributed by atoms with Gasteiger partial charge in [0.15, 0.2) is 17.3 Å². The molecule has 0 atom stereocenters. The molecule has 2 heterocycles. The maximum atomic E-state index is 12.9. The van der Waals surface area contributed by atoms with Crippen molar-refractivity contribution in [2.75, 3.05) is 5.73 Å². The minimum atomic E-state index is -5.75. The van der Waals surface area contributed by atoms with Gasteiger partial charge < -0.3 is 10.7 Å². The molecule has 5 nitrogen and oxygen atoms in total. The first-order valence-corrected chi connectivity index (χ1v) is 4.14. The van der Waals surface area contributed by atoms with Gasteiger partial charge in [-0.1, -0.05) is 0 Å². The van der Waals surface area contributed by atoms with Crippen LogP contribution in [0.15, 0.2) is 6.33 Å². The van der Waals surface area contributed by atoms with Crippen LogP contribution >= 0.6 is 0 Å². The van der Waals surface area contributed by atoms with Crippen LogP contribution in [0.1, 0.15) is 5.82 Å². The van der Waals surface area contributed by atoms with Gasteiger partial charge >= 0.3 is 12.1 Å². The number of nitrogen functional groups attached to an aromatic ring is 1. The summed E-state index contributed by atoms with van der Waals surface area (Å²) in [5, 5.41) is 0. The summed E-state index contributed by atoms with van der Waals surface area (Å²) < 4.78 is 62.1. The van der Waals surface area contributed by atoms with Gasteiger partial charge in [0.2, 0.25) is 0 Å². The van der Waals surface area contributed by atoms with Crippen molar-refractivity contribution in [3.8, 4) is 0 Å². The number of hydrogen-bond donors (Lipinski definition) is 2. The Morgan fingerprint density at radius 2 is 1.76 bits per heavy atom. The highest BCUT2D eigenvalue weighted by molar-refractivity contribution is 5.81. The molecule has 0 fully saturated rings. The molecule has 3 N–H and O–H groups in total. The summed E-state index contributed by atoms with van der Waals surface area (Å²) in [4.78, 5) is 11.7. The number of aromatic amines is 1. The summed E-state index contributed by atoms with van der Waals surface area (Å²) in [7, 11) is 0. The zero-order valence-corrected chi connectivity index (χ0v) is 7.89. The minimum Gasteiger partial charge on any atom is -0.382 e. The van der Waals surface area contributed by atoms with Crippen molar-refractivity contribution >= 4 is 17.0 Å². The van der Waals surface area contributed by atoms with E-state index in [9.17, 15) is 22.0 Å². The zero-order chi connectivity index (χ0) is 12.8. The van der Waals surface area contributed by atoms with Crippen LogP contribution in [0, 0.1) is 0 Å². The number of rotatable bonds is 1. The van der Waals surface area contributed by atoms with Gasteiger partial charge in [-0.05, 0) is 0 Å². The van der Waals surface area contributed by atoms with Crippen LogP contribution in [0.5, 0.6) is 0 Å². The number of nitrogens with zero attached hydrogens (tertiary/aromatic N) is 3. The molecule has 0 unspecified atom stereocenters. The van der Waals surface area contributed by atoms with Gasteiger partial charge in [-0.15, -0.1) is 0 Å². The van der Waals surface area contributed by atoms with Crippen molar-refractivity contribution in [1.29, 1.82) is 0 Å². The fourth-order valence-electron chi connectivity index (χ4n) is 1.13. The molecular formula is C7H4F5N5. The highest BCUT2D eigenvalue weighted by Gasteiger charge is 2.61. The van der Waals surface area contributed by atoms with E-state index in [0.717, 1.165) is 6.33 Å². The standard InChI is InChI=1S/C7H4F5N5/c8-6(9,7(10,11)12)5-16-2-3(13)14-1-15-4(2)17-5/h1H,(H3,13,14,15,16,17). The maximum absolute atomic E-state index is 12.9. The molecule has 0 amide bonds. The van der Waals surface area contributed by atoms with Crippen LogP contribution in [0.25, 0.3) is 11.2 Å². The summed E-state index contributed by atoms with van der Waals surface area (Å²) in [5.41, 5.74) is 4.66. The lowest BCUT2D eigenvalue weighted by Crippen LogP contribution is -2.34. The molecule has 0 bridgehead atoms. The molecular weight excluding hydrogens is 249 g/mol. The molecule has 92 valence electrons. The Labute approximate surface area is 89.9 Å². The number of anilines is 1. The summed E-state index contributed by atoms with van der Waals surface area (Å²) in [5.74, 6) is -6.92. The van der Waals surface area contributed by atoms with Gasteiger partial charge in [0, 0.05) is 0 Å². The largest absolute Gasteiger partial charge is 0.461 e. The molecule has 2 aromatic rings. The molecule has 0 aliphatic rings. The van der Waals surface area contributed by atoms with Crippen molar-refractivity contribution in [3.05, 3.63) is 12.2 Å². The van der Waals surface area contributed by atoms with Gasteiger partial charge in [0.05, 0.1) is 0 Å². The van der Waals surface area contributed by atoms with E-state index in [1.807, 2.05) is 0 Å². The van der Waals surface area contributed by atoms with E-state index in [1.165, 1.54) is 0 Å². The van der Waals surface area contributed by atoms with Crippen molar-refractivity contribution in [2.45, 2.75) is 12.1 Å². The number of halogens is 5. The van der Waals surface area contributed by atoms with E-state index in [2.05, 4.69) is 15.0 Å². The van der Waals surface area contributed by atoms with Gasteiger partial charge in [0.1, 0.15) is 11.8 Å². The average Bonchev–Trinajstić information content (AvgIpc) is 2.61. The third kappa shape index (κ3) is 1.65. The lowest BCUT2D eigenvalue weighted by molar-refractivity contribution is -0.292. The smallest absolute Gasteiger partial charge is 0.382 e. The van der Waals surface area contributed by atoms with Crippen molar-refractivity contribution in [1.82, 2.24) is 19.9 Å². The van der Waals surface area contributed by atoms with Crippen molar-refractivity contribution in [2.24, 2.45) is 0 Å². The second kappa shape index (κ2) is 3.25. The van der Waals surface area contributed by atoms with Crippen LogP contribution < -0.4 is 5.73 Å². The number of alkyl halides is 5. The molecule has 0 aromatic carbocycles. The molecule has 0 spiro atoms. The second-order valence-corrected chi connectivity index (χ2v) is 3.12. The number of nitrogens with one attached hydrogen (secondary N) is 1. The van der Waals surface area contributed by atoms with Crippen LogP contribution in [0.2, 0.25) is 0 Å². The van der Waals surface area contributed by atoms with Crippen LogP contribution in [0.4, 0.5) is 27.8 Å². The van der Waals surface area contributed by atoms with Crippen LogP contribution in [0.3, 0.4) is 0 Å². The third-order valence-electron chi connectivity index (χ3n) is 1.97. The Hall–Kier alpha value is -2.00. The SMILES string of the molecule is Nc1ncnc2nc(C(F)(F)C(F)(F)F)[nH]c12. The summed E-state index contributed by atoms with van der Waals surface area (Å²) >= 11 is 0. The van der Waals surface area contributed by atoms with E-state index < -0.39 is 17.9 Å². The summed E-state index contributed by atoms with van der Waals surface area (Å²) in [6.07, 6.45) is -4.84. The van der Waals surface area contributed by atoms with E-state index >= 15 is 0 Å². The Morgan fingerprint density at radius 3 is 2.29 bits per heavy atom. The number of nitrogens with two attached hydrogens (primary N) is 1. The van der Waals surface area contributed by atoms with Gasteiger partial charge in [-0.2, -0.15) is 22.0 Å². The number of fused-ring (bicyclic) bond motifs is 1. The molecule has 2 rings (SSSR count). The van der Waals surface area contributed by atoms with E-state index in [-0.39, 0.29) is 17.0 Å². The molecule has 0 radical (unpaired) electrons. The number of aromatic nitrogens is 4. The first-order chi connectivity index (χ1) is 7.73. The fourth-order valence-corrected chi connectivity index (χ4v) is 1.13. The lowest BCUT2D eigenvalue weighted by Gasteiger charge is -2.16. The van der Waals surface area contributed by atoms with Crippen LogP contribution in [-0.2, 0) is 5.92 Å². The predicted octanol–water partition coefficient (Wildman–Crippen LogP) is 1.59. The normalized spacial score (nSPS) is 13.2. The molecule has 0 aliphatic heterocycles. The van der Waals surface area contributed by atoms with E-state index in [0.29, 0.717) is 0 Å². The molecule has 0 saturated heterocycles. The number of H-pyrrole nitrogens is 1. The Bertz CT molecular complexity index is 559. The van der Waals surface area contributed by atoms with Gasteiger partial charge in [0.25, 0.3) is 0 Å². The highest BCUT2D eigenvalue weighted by Crippen LogP contribution is 2.42. The number of imidazole rings is 1. The number of hydrogen-bond acceptors (Lipinski definition) is 4. The molecule has 10 heteroatoms. The van der Waals surface area contributed by atoms with Crippen LogP contribution in [-0.4, -0.2) is 26.1 Å². The second-order valence-electron chi connectivity index (χ2n) is 3.12. The van der Waals surface area contributed by atoms with Gasteiger partial charge in [-0.3, -0.25) is 0 Å². The third-order valence-corrected chi connectivity index (χ3v) is 1.97. The van der Waals surface area contributed by atoms with Gasteiger partial charge in [-0.25, -0.2) is 15.0 Å². The first kappa shape index (κ1) is 11.5. The average molecular weight is 253 g/mol.